The van der Waals surface area contributed by atoms with Gasteiger partial charge in [0.15, 0.2) is 0 Å². The van der Waals surface area contributed by atoms with Crippen LogP contribution in [0.2, 0.25) is 0 Å². The van der Waals surface area contributed by atoms with Gasteiger partial charge in [-0.15, -0.1) is 0 Å². The van der Waals surface area contributed by atoms with Crippen molar-refractivity contribution in [1.29, 1.82) is 0 Å². The zero-order chi connectivity index (χ0) is 14.7. The molecule has 0 amide bonds. The van der Waals surface area contributed by atoms with Crippen molar-refractivity contribution in [1.82, 2.24) is 0 Å². The fourth-order valence-electron chi connectivity index (χ4n) is 1.95. The molecule has 0 spiro atoms. The van der Waals surface area contributed by atoms with Gasteiger partial charge in [-0.05, 0) is 38.1 Å². The molecule has 4 heteroatoms. The van der Waals surface area contributed by atoms with Crippen LogP contribution >= 0.6 is 0 Å². The third-order valence-corrected chi connectivity index (χ3v) is 2.96. The maximum absolute atomic E-state index is 13.8. The molecule has 106 valence electrons. The predicted molar refractivity (Wildman–Crippen MR) is 81.1 cm³/mol. The van der Waals surface area contributed by atoms with Crippen molar-refractivity contribution >= 4 is 17.1 Å². The molecule has 0 aliphatic rings. The van der Waals surface area contributed by atoms with Crippen LogP contribution in [0.1, 0.15) is 13.8 Å². The highest BCUT2D eigenvalue weighted by molar-refractivity contribution is 5.68. The molecule has 0 fully saturated rings. The molecule has 0 radical (unpaired) electrons. The molecule has 2 rings (SSSR count). The zero-order valence-electron chi connectivity index (χ0n) is 11.9. The van der Waals surface area contributed by atoms with Gasteiger partial charge in [-0.25, -0.2) is 4.39 Å². The smallest absolute Gasteiger partial charge is 0.146 e. The van der Waals surface area contributed by atoms with E-state index in [4.69, 9.17) is 10.5 Å². The number of hydrogen-bond donors (Lipinski definition) is 1. The Morgan fingerprint density at radius 1 is 1.15 bits per heavy atom. The van der Waals surface area contributed by atoms with Crippen LogP contribution in [-0.4, -0.2) is 13.2 Å². The highest BCUT2D eigenvalue weighted by Gasteiger charge is 2.11. The predicted octanol–water partition coefficient (Wildman–Crippen LogP) is 3.96. The molecule has 2 aromatic rings. The second-order valence-electron chi connectivity index (χ2n) is 4.90. The number of halogens is 1. The van der Waals surface area contributed by atoms with Gasteiger partial charge in [0, 0.05) is 18.8 Å². The van der Waals surface area contributed by atoms with Crippen molar-refractivity contribution in [3.63, 3.8) is 0 Å². The average Bonchev–Trinajstić information content (AvgIpc) is 2.40. The van der Waals surface area contributed by atoms with Gasteiger partial charge in [0.05, 0.1) is 17.5 Å². The summed E-state index contributed by atoms with van der Waals surface area (Å²) in [4.78, 5) is 1.77. The van der Waals surface area contributed by atoms with Crippen molar-refractivity contribution < 1.29 is 9.13 Å². The largest absolute Gasteiger partial charge is 0.489 e. The molecule has 0 saturated carbocycles. The third kappa shape index (κ3) is 3.02. The summed E-state index contributed by atoms with van der Waals surface area (Å²) in [6.45, 7) is 3.87. The van der Waals surface area contributed by atoms with E-state index >= 15 is 0 Å². The number of nitrogens with zero attached hydrogens (tertiary/aromatic N) is 1. The molecule has 0 heterocycles. The summed E-state index contributed by atoms with van der Waals surface area (Å²) in [6.07, 6.45) is 0.0336. The number of nitrogen functional groups attached to an aromatic ring is 1. The van der Waals surface area contributed by atoms with Crippen molar-refractivity contribution in [2.24, 2.45) is 0 Å². The van der Waals surface area contributed by atoms with Crippen LogP contribution in [-0.2, 0) is 0 Å². The van der Waals surface area contributed by atoms with Gasteiger partial charge in [-0.1, -0.05) is 12.1 Å². The Labute approximate surface area is 118 Å². The van der Waals surface area contributed by atoms with E-state index in [1.807, 2.05) is 33.0 Å². The number of hydrogen-bond acceptors (Lipinski definition) is 3. The first-order valence-corrected chi connectivity index (χ1v) is 6.53. The molecule has 0 aromatic heterocycles. The second-order valence-corrected chi connectivity index (χ2v) is 4.90. The SMILES string of the molecule is CC(C)Oc1cc(N(C)c2ccccc2F)ccc1N. The quantitative estimate of drug-likeness (QED) is 0.857. The van der Waals surface area contributed by atoms with Gasteiger partial charge in [-0.2, -0.15) is 0 Å². The minimum Gasteiger partial charge on any atom is -0.489 e. The van der Waals surface area contributed by atoms with Crippen LogP contribution in [0.15, 0.2) is 42.5 Å². The lowest BCUT2D eigenvalue weighted by Gasteiger charge is -2.22. The number of anilines is 3. The van der Waals surface area contributed by atoms with E-state index in [0.717, 1.165) is 5.69 Å². The standard InChI is InChI=1S/C16H19FN2O/c1-11(2)20-16-10-12(8-9-14(16)18)19(3)15-7-5-4-6-13(15)17/h4-11H,18H2,1-3H3. The highest BCUT2D eigenvalue weighted by Crippen LogP contribution is 2.32. The normalized spacial score (nSPS) is 10.7. The average molecular weight is 274 g/mol. The summed E-state index contributed by atoms with van der Waals surface area (Å²) in [5, 5.41) is 0. The summed E-state index contributed by atoms with van der Waals surface area (Å²) < 4.78 is 19.5. The van der Waals surface area contributed by atoms with Crippen LogP contribution in [0.3, 0.4) is 0 Å². The molecule has 0 saturated heterocycles. The van der Waals surface area contributed by atoms with Gasteiger partial charge < -0.3 is 15.4 Å². The second kappa shape index (κ2) is 5.82. The Balaban J connectivity index is 2.35. The fourth-order valence-corrected chi connectivity index (χ4v) is 1.95. The van der Waals surface area contributed by atoms with Crippen molar-refractivity contribution in [2.45, 2.75) is 20.0 Å². The zero-order valence-corrected chi connectivity index (χ0v) is 11.9. The maximum Gasteiger partial charge on any atom is 0.146 e. The first kappa shape index (κ1) is 14.2. The molecular formula is C16H19FN2O. The lowest BCUT2D eigenvalue weighted by atomic mass is 10.2. The van der Waals surface area contributed by atoms with E-state index in [1.54, 1.807) is 29.2 Å². The van der Waals surface area contributed by atoms with Crippen molar-refractivity contribution in [3.8, 4) is 5.75 Å². The number of para-hydroxylation sites is 1. The Bertz CT molecular complexity index is 599. The minimum absolute atomic E-state index is 0.0336. The maximum atomic E-state index is 13.8. The van der Waals surface area contributed by atoms with Crippen LogP contribution in [0.4, 0.5) is 21.5 Å². The molecule has 20 heavy (non-hydrogen) atoms. The summed E-state index contributed by atoms with van der Waals surface area (Å²) in [7, 11) is 1.81. The molecule has 2 N–H and O–H groups in total. The van der Waals surface area contributed by atoms with Crippen molar-refractivity contribution in [2.75, 3.05) is 17.7 Å². The van der Waals surface area contributed by atoms with Crippen LogP contribution < -0.4 is 15.4 Å². The monoisotopic (exact) mass is 274 g/mol. The number of ether oxygens (including phenoxy) is 1. The molecule has 2 aromatic carbocycles. The summed E-state index contributed by atoms with van der Waals surface area (Å²) >= 11 is 0. The first-order valence-electron chi connectivity index (χ1n) is 6.53. The van der Waals surface area contributed by atoms with E-state index in [9.17, 15) is 4.39 Å². The Morgan fingerprint density at radius 3 is 2.50 bits per heavy atom. The van der Waals surface area contributed by atoms with Crippen LogP contribution in [0, 0.1) is 5.82 Å². The topological polar surface area (TPSA) is 38.5 Å². The van der Waals surface area contributed by atoms with Crippen LogP contribution in [0.25, 0.3) is 0 Å². The van der Waals surface area contributed by atoms with Gasteiger partial charge in [-0.3, -0.25) is 0 Å². The van der Waals surface area contributed by atoms with Gasteiger partial charge in [0.2, 0.25) is 0 Å². The van der Waals surface area contributed by atoms with E-state index in [0.29, 0.717) is 17.1 Å². The van der Waals surface area contributed by atoms with E-state index in [1.165, 1.54) is 6.07 Å². The highest BCUT2D eigenvalue weighted by atomic mass is 19.1. The minimum atomic E-state index is -0.266. The lowest BCUT2D eigenvalue weighted by Crippen LogP contribution is -2.13. The molecule has 0 bridgehead atoms. The number of rotatable bonds is 4. The summed E-state index contributed by atoms with van der Waals surface area (Å²) in [5.74, 6) is 0.346. The Kier molecular flexibility index (Phi) is 4.13. The molecule has 3 nitrogen and oxygen atoms in total. The number of benzene rings is 2. The first-order chi connectivity index (χ1) is 9.49. The number of nitrogens with two attached hydrogens (primary N) is 1. The molecule has 0 aliphatic carbocycles. The van der Waals surface area contributed by atoms with Gasteiger partial charge in [0.25, 0.3) is 0 Å². The molecule has 0 atom stereocenters. The Hall–Kier alpha value is -2.23. The van der Waals surface area contributed by atoms with E-state index < -0.39 is 0 Å². The molecular weight excluding hydrogens is 255 g/mol. The fraction of sp³-hybridized carbons (Fsp3) is 0.250. The van der Waals surface area contributed by atoms with Gasteiger partial charge in [0.1, 0.15) is 11.6 Å². The molecule has 0 aliphatic heterocycles. The summed E-state index contributed by atoms with van der Waals surface area (Å²) in [5.41, 5.74) is 7.79. The van der Waals surface area contributed by atoms with Crippen LogP contribution in [0.5, 0.6) is 5.75 Å². The van der Waals surface area contributed by atoms with E-state index in [2.05, 4.69) is 0 Å². The lowest BCUT2D eigenvalue weighted by molar-refractivity contribution is 0.244. The van der Waals surface area contributed by atoms with Crippen molar-refractivity contribution in [3.05, 3.63) is 48.3 Å². The van der Waals surface area contributed by atoms with E-state index in [-0.39, 0.29) is 11.9 Å². The summed E-state index contributed by atoms with van der Waals surface area (Å²) in [6, 6.07) is 12.1. The Morgan fingerprint density at radius 2 is 1.85 bits per heavy atom. The van der Waals surface area contributed by atoms with Gasteiger partial charge >= 0.3 is 0 Å². The third-order valence-electron chi connectivity index (χ3n) is 2.96. The molecule has 0 unspecified atom stereocenters.